The number of sulfonamides is 1. The minimum absolute atomic E-state index is 0.0762. The molecule has 17 heavy (non-hydrogen) atoms. The maximum absolute atomic E-state index is 11.9. The lowest BCUT2D eigenvalue weighted by Crippen LogP contribution is -2.35. The average molecular weight is 257 g/mol. The van der Waals surface area contributed by atoms with Gasteiger partial charge in [0.15, 0.2) is 0 Å². The third-order valence-corrected chi connectivity index (χ3v) is 4.04. The molecule has 2 rings (SSSR count). The number of hydrogen-bond acceptors (Lipinski definition) is 4. The van der Waals surface area contributed by atoms with Gasteiger partial charge in [-0.25, -0.2) is 13.1 Å². The summed E-state index contributed by atoms with van der Waals surface area (Å²) in [5, 5.41) is 8.68. The second kappa shape index (κ2) is 5.03. The molecule has 0 fully saturated rings. The van der Waals surface area contributed by atoms with Crippen LogP contribution in [-0.2, 0) is 16.6 Å². The lowest BCUT2D eigenvalue weighted by atomic mass is 10.0. The van der Waals surface area contributed by atoms with Crippen molar-refractivity contribution in [3.05, 3.63) is 30.0 Å². The molecule has 0 aromatic carbocycles. The molecule has 0 saturated carbocycles. The van der Waals surface area contributed by atoms with E-state index in [1.54, 1.807) is 0 Å². The largest absolute Gasteiger partial charge is 0.446 e. The van der Waals surface area contributed by atoms with Crippen molar-refractivity contribution in [1.82, 2.24) is 4.72 Å². The number of aliphatic hydroxyl groups excluding tert-OH is 1. The highest BCUT2D eigenvalue weighted by atomic mass is 32.2. The third kappa shape index (κ3) is 2.96. The molecule has 1 unspecified atom stereocenters. The van der Waals surface area contributed by atoms with Crippen LogP contribution in [0.2, 0.25) is 0 Å². The van der Waals surface area contributed by atoms with E-state index in [-0.39, 0.29) is 23.5 Å². The fourth-order valence-electron chi connectivity index (χ4n) is 1.77. The lowest BCUT2D eigenvalue weighted by Gasteiger charge is -2.18. The van der Waals surface area contributed by atoms with Crippen LogP contribution in [0.25, 0.3) is 0 Å². The van der Waals surface area contributed by atoms with Crippen molar-refractivity contribution >= 4 is 10.0 Å². The first-order chi connectivity index (χ1) is 8.12. The van der Waals surface area contributed by atoms with Crippen LogP contribution >= 0.6 is 0 Å². The van der Waals surface area contributed by atoms with Gasteiger partial charge in [-0.2, -0.15) is 0 Å². The average Bonchev–Trinajstić information content (AvgIpc) is 2.79. The van der Waals surface area contributed by atoms with Gasteiger partial charge in [0, 0.05) is 6.04 Å². The molecule has 0 amide bonds. The van der Waals surface area contributed by atoms with Crippen molar-refractivity contribution in [2.75, 3.05) is 0 Å². The minimum atomic E-state index is -3.61. The van der Waals surface area contributed by atoms with Crippen LogP contribution in [0.4, 0.5) is 0 Å². The number of allylic oxidation sites excluding steroid dienone is 1. The SMILES string of the molecule is O=S(=O)(NC1CC=CCC1)c1ccc(CO)o1. The topological polar surface area (TPSA) is 79.5 Å². The third-order valence-electron chi connectivity index (χ3n) is 2.65. The zero-order valence-corrected chi connectivity index (χ0v) is 10.1. The van der Waals surface area contributed by atoms with Crippen molar-refractivity contribution in [3.63, 3.8) is 0 Å². The molecular formula is C11H15NO4S. The molecular weight excluding hydrogens is 242 g/mol. The van der Waals surface area contributed by atoms with E-state index in [0.717, 1.165) is 12.8 Å². The fraction of sp³-hybridized carbons (Fsp3) is 0.455. The van der Waals surface area contributed by atoms with E-state index in [4.69, 9.17) is 9.52 Å². The van der Waals surface area contributed by atoms with E-state index in [1.165, 1.54) is 12.1 Å². The van der Waals surface area contributed by atoms with E-state index in [1.807, 2.05) is 12.2 Å². The van der Waals surface area contributed by atoms with Gasteiger partial charge in [-0.15, -0.1) is 0 Å². The maximum Gasteiger partial charge on any atom is 0.274 e. The number of hydrogen-bond donors (Lipinski definition) is 2. The summed E-state index contributed by atoms with van der Waals surface area (Å²) >= 11 is 0. The van der Waals surface area contributed by atoms with Crippen LogP contribution in [-0.4, -0.2) is 19.6 Å². The molecule has 2 N–H and O–H groups in total. The summed E-state index contributed by atoms with van der Waals surface area (Å²) < 4.78 is 31.5. The van der Waals surface area contributed by atoms with Crippen molar-refractivity contribution in [1.29, 1.82) is 0 Å². The molecule has 5 nitrogen and oxygen atoms in total. The van der Waals surface area contributed by atoms with Crippen LogP contribution in [0.1, 0.15) is 25.0 Å². The highest BCUT2D eigenvalue weighted by Crippen LogP contribution is 2.17. The van der Waals surface area contributed by atoms with Gasteiger partial charge in [0.2, 0.25) is 5.09 Å². The van der Waals surface area contributed by atoms with Crippen molar-refractivity contribution in [2.24, 2.45) is 0 Å². The Morgan fingerprint density at radius 1 is 1.41 bits per heavy atom. The molecule has 1 atom stereocenters. The van der Waals surface area contributed by atoms with Crippen LogP contribution in [0.3, 0.4) is 0 Å². The van der Waals surface area contributed by atoms with Gasteiger partial charge in [-0.1, -0.05) is 12.2 Å². The van der Waals surface area contributed by atoms with E-state index in [9.17, 15) is 8.42 Å². The van der Waals surface area contributed by atoms with Crippen molar-refractivity contribution in [2.45, 2.75) is 37.0 Å². The fourth-order valence-corrected chi connectivity index (χ4v) is 3.00. The van der Waals surface area contributed by atoms with Gasteiger partial charge < -0.3 is 9.52 Å². The maximum atomic E-state index is 11.9. The minimum Gasteiger partial charge on any atom is -0.446 e. The van der Waals surface area contributed by atoms with Crippen LogP contribution in [0.5, 0.6) is 0 Å². The second-order valence-electron chi connectivity index (χ2n) is 3.98. The summed E-state index contributed by atoms with van der Waals surface area (Å²) in [6.07, 6.45) is 6.39. The lowest BCUT2D eigenvalue weighted by molar-refractivity contribution is 0.236. The van der Waals surface area contributed by atoms with Crippen molar-refractivity contribution in [3.8, 4) is 0 Å². The molecule has 0 spiro atoms. The quantitative estimate of drug-likeness (QED) is 0.793. The van der Waals surface area contributed by atoms with E-state index in [0.29, 0.717) is 6.42 Å². The first kappa shape index (κ1) is 12.3. The van der Waals surface area contributed by atoms with E-state index < -0.39 is 10.0 Å². The Balaban J connectivity index is 2.10. The zero-order valence-electron chi connectivity index (χ0n) is 9.30. The Labute approximate surface area is 100 Å². The Kier molecular flexibility index (Phi) is 3.66. The molecule has 94 valence electrons. The highest BCUT2D eigenvalue weighted by molar-refractivity contribution is 7.89. The Morgan fingerprint density at radius 2 is 2.24 bits per heavy atom. The predicted molar refractivity (Wildman–Crippen MR) is 61.7 cm³/mol. The second-order valence-corrected chi connectivity index (χ2v) is 5.63. The Bertz CT molecular complexity index is 503. The van der Waals surface area contributed by atoms with Gasteiger partial charge in [-0.3, -0.25) is 0 Å². The number of nitrogens with one attached hydrogen (secondary N) is 1. The van der Waals surface area contributed by atoms with Gasteiger partial charge >= 0.3 is 0 Å². The molecule has 1 aliphatic carbocycles. The summed E-state index contributed by atoms with van der Waals surface area (Å²) in [6.45, 7) is -0.304. The number of rotatable bonds is 4. The van der Waals surface area contributed by atoms with E-state index >= 15 is 0 Å². The first-order valence-corrected chi connectivity index (χ1v) is 6.97. The molecule has 1 heterocycles. The smallest absolute Gasteiger partial charge is 0.274 e. The normalized spacial score (nSPS) is 20.6. The molecule has 0 bridgehead atoms. The standard InChI is InChI=1S/C11H15NO4S/c13-8-10-6-7-11(16-10)17(14,15)12-9-4-2-1-3-5-9/h1-2,6-7,9,12-13H,3-5,8H2. The molecule has 0 radical (unpaired) electrons. The summed E-state index contributed by atoms with van der Waals surface area (Å²) in [5.41, 5.74) is 0. The van der Waals surface area contributed by atoms with Gasteiger partial charge in [0.1, 0.15) is 12.4 Å². The molecule has 0 aliphatic heterocycles. The molecule has 1 aromatic rings. The number of furan rings is 1. The summed E-state index contributed by atoms with van der Waals surface area (Å²) in [7, 11) is -3.61. The summed E-state index contributed by atoms with van der Waals surface area (Å²) in [6, 6.07) is 2.73. The molecule has 1 aliphatic rings. The van der Waals surface area contributed by atoms with Crippen LogP contribution in [0, 0.1) is 0 Å². The molecule has 6 heteroatoms. The van der Waals surface area contributed by atoms with Crippen LogP contribution in [0.15, 0.2) is 33.8 Å². The Hall–Kier alpha value is -1.11. The molecule has 1 aromatic heterocycles. The van der Waals surface area contributed by atoms with Gasteiger partial charge in [0.25, 0.3) is 10.0 Å². The first-order valence-electron chi connectivity index (χ1n) is 5.49. The van der Waals surface area contributed by atoms with Crippen molar-refractivity contribution < 1.29 is 17.9 Å². The van der Waals surface area contributed by atoms with Crippen LogP contribution < -0.4 is 4.72 Å². The number of aliphatic hydroxyl groups is 1. The monoisotopic (exact) mass is 257 g/mol. The van der Waals surface area contributed by atoms with Gasteiger partial charge in [0.05, 0.1) is 0 Å². The highest BCUT2D eigenvalue weighted by Gasteiger charge is 2.23. The predicted octanol–water partition coefficient (Wildman–Crippen LogP) is 1.16. The van der Waals surface area contributed by atoms with E-state index in [2.05, 4.69) is 4.72 Å². The Morgan fingerprint density at radius 3 is 2.82 bits per heavy atom. The zero-order chi connectivity index (χ0) is 12.3. The summed E-state index contributed by atoms with van der Waals surface area (Å²) in [5.74, 6) is 0.244. The van der Waals surface area contributed by atoms with Gasteiger partial charge in [-0.05, 0) is 31.4 Å². The summed E-state index contributed by atoms with van der Waals surface area (Å²) in [4.78, 5) is 0. The molecule has 0 saturated heterocycles.